The lowest BCUT2D eigenvalue weighted by Gasteiger charge is -2.35. The molecule has 1 aliphatic heterocycles. The molecule has 1 fully saturated rings. The number of piperidine rings is 1. The van der Waals surface area contributed by atoms with Crippen molar-refractivity contribution in [3.05, 3.63) is 62.8 Å². The first-order valence-electron chi connectivity index (χ1n) is 9.77. The third kappa shape index (κ3) is 3.95. The summed E-state index contributed by atoms with van der Waals surface area (Å²) in [5.41, 5.74) is 1.76. The first-order chi connectivity index (χ1) is 14.6. The number of carbonyl (C=O) groups is 1. The van der Waals surface area contributed by atoms with E-state index in [1.807, 2.05) is 16.8 Å². The second-order valence-electron chi connectivity index (χ2n) is 7.10. The summed E-state index contributed by atoms with van der Waals surface area (Å²) in [6, 6.07) is 8.28. The first-order valence-corrected chi connectivity index (χ1v) is 10.7. The number of aromatic nitrogens is 2. The summed E-state index contributed by atoms with van der Waals surface area (Å²) in [6.07, 6.45) is 2.59. The molecule has 1 aromatic carbocycles. The lowest BCUT2D eigenvalue weighted by molar-refractivity contribution is 0.0596. The summed E-state index contributed by atoms with van der Waals surface area (Å²) in [7, 11) is 3.10. The number of likely N-dealkylation sites (tertiary alicyclic amines) is 1. The molecule has 30 heavy (non-hydrogen) atoms. The highest BCUT2D eigenvalue weighted by atomic mass is 32.1. The van der Waals surface area contributed by atoms with Gasteiger partial charge in [0, 0.05) is 29.6 Å². The van der Waals surface area contributed by atoms with Gasteiger partial charge in [-0.15, -0.1) is 0 Å². The molecule has 1 saturated heterocycles. The van der Waals surface area contributed by atoms with Crippen molar-refractivity contribution >= 4 is 17.2 Å². The molecule has 7 nitrogen and oxygen atoms in total. The van der Waals surface area contributed by atoms with E-state index in [4.69, 9.17) is 14.5 Å². The van der Waals surface area contributed by atoms with Crippen LogP contribution in [0.1, 0.15) is 41.5 Å². The van der Waals surface area contributed by atoms with E-state index in [0.29, 0.717) is 35.1 Å². The van der Waals surface area contributed by atoms with E-state index in [-0.39, 0.29) is 17.5 Å². The third-order valence-electron chi connectivity index (χ3n) is 5.30. The Balaban J connectivity index is 1.71. The lowest BCUT2D eigenvalue weighted by Crippen LogP contribution is -2.40. The fourth-order valence-electron chi connectivity index (χ4n) is 3.78. The van der Waals surface area contributed by atoms with Crippen molar-refractivity contribution in [2.24, 2.45) is 0 Å². The first kappa shape index (κ1) is 20.2. The molecule has 4 rings (SSSR count). The molecule has 1 amide bonds. The van der Waals surface area contributed by atoms with Gasteiger partial charge >= 0.3 is 0 Å². The number of thiophene rings is 1. The van der Waals surface area contributed by atoms with Crippen molar-refractivity contribution in [2.45, 2.75) is 25.3 Å². The van der Waals surface area contributed by atoms with E-state index >= 15 is 0 Å². The number of hydrogen-bond donors (Lipinski definition) is 1. The SMILES string of the molecule is COc1ccc(C(=O)N2CCCC[C@H]2c2nc(-c3ccsc3)cc(=O)[nH]2)c(OC)c1. The summed E-state index contributed by atoms with van der Waals surface area (Å²) in [5.74, 6) is 1.44. The molecule has 0 saturated carbocycles. The van der Waals surface area contributed by atoms with Crippen LogP contribution in [0.2, 0.25) is 0 Å². The molecule has 0 radical (unpaired) electrons. The highest BCUT2D eigenvalue weighted by Gasteiger charge is 2.32. The Kier molecular flexibility index (Phi) is 5.85. The minimum Gasteiger partial charge on any atom is -0.497 e. The van der Waals surface area contributed by atoms with Crippen molar-refractivity contribution in [1.29, 1.82) is 0 Å². The predicted octanol–water partition coefficient (Wildman–Crippen LogP) is 3.88. The van der Waals surface area contributed by atoms with Crippen LogP contribution in [0.25, 0.3) is 11.3 Å². The zero-order valence-electron chi connectivity index (χ0n) is 16.9. The number of amides is 1. The van der Waals surface area contributed by atoms with Gasteiger partial charge in [0.15, 0.2) is 0 Å². The average molecular weight is 426 g/mol. The number of H-pyrrole nitrogens is 1. The van der Waals surface area contributed by atoms with E-state index in [9.17, 15) is 9.59 Å². The van der Waals surface area contributed by atoms with E-state index in [2.05, 4.69) is 4.98 Å². The third-order valence-corrected chi connectivity index (χ3v) is 5.98. The van der Waals surface area contributed by atoms with Crippen molar-refractivity contribution in [1.82, 2.24) is 14.9 Å². The van der Waals surface area contributed by atoms with Gasteiger partial charge in [0.2, 0.25) is 0 Å². The van der Waals surface area contributed by atoms with Gasteiger partial charge in [-0.25, -0.2) is 4.98 Å². The molecule has 1 atom stereocenters. The molecular weight excluding hydrogens is 402 g/mol. The van der Waals surface area contributed by atoms with Crippen LogP contribution in [-0.2, 0) is 0 Å². The van der Waals surface area contributed by atoms with Crippen molar-refractivity contribution in [3.63, 3.8) is 0 Å². The molecule has 3 aromatic rings. The minimum absolute atomic E-state index is 0.150. The normalized spacial score (nSPS) is 16.3. The molecule has 0 spiro atoms. The summed E-state index contributed by atoms with van der Waals surface area (Å²) >= 11 is 1.55. The molecule has 3 heterocycles. The number of carbonyl (C=O) groups excluding carboxylic acids is 1. The van der Waals surface area contributed by atoms with Gasteiger partial charge in [-0.05, 0) is 42.8 Å². The number of aromatic amines is 1. The number of rotatable bonds is 5. The van der Waals surface area contributed by atoms with Crippen molar-refractivity contribution in [3.8, 4) is 22.8 Å². The maximum Gasteiger partial charge on any atom is 0.258 e. The summed E-state index contributed by atoms with van der Waals surface area (Å²) in [4.78, 5) is 35.1. The molecule has 0 bridgehead atoms. The predicted molar refractivity (Wildman–Crippen MR) is 115 cm³/mol. The van der Waals surface area contributed by atoms with Crippen LogP contribution in [-0.4, -0.2) is 41.5 Å². The van der Waals surface area contributed by atoms with E-state index in [1.54, 1.807) is 41.5 Å². The maximum atomic E-state index is 13.4. The van der Waals surface area contributed by atoms with Gasteiger partial charge in [-0.2, -0.15) is 11.3 Å². The van der Waals surface area contributed by atoms with Gasteiger partial charge in [-0.3, -0.25) is 9.59 Å². The van der Waals surface area contributed by atoms with E-state index < -0.39 is 0 Å². The Morgan fingerprint density at radius 3 is 2.80 bits per heavy atom. The molecule has 0 aliphatic carbocycles. The number of benzene rings is 1. The van der Waals surface area contributed by atoms with E-state index in [0.717, 1.165) is 24.8 Å². The highest BCUT2D eigenvalue weighted by molar-refractivity contribution is 7.08. The van der Waals surface area contributed by atoms with Gasteiger partial charge in [0.25, 0.3) is 11.5 Å². The fourth-order valence-corrected chi connectivity index (χ4v) is 4.43. The number of nitrogens with one attached hydrogen (secondary N) is 1. The Morgan fingerprint density at radius 1 is 1.20 bits per heavy atom. The molecule has 1 N–H and O–H groups in total. The lowest BCUT2D eigenvalue weighted by atomic mass is 9.99. The topological polar surface area (TPSA) is 84.5 Å². The number of methoxy groups -OCH3 is 2. The van der Waals surface area contributed by atoms with Gasteiger partial charge in [-0.1, -0.05) is 0 Å². The van der Waals surface area contributed by atoms with Crippen LogP contribution in [0.4, 0.5) is 0 Å². The monoisotopic (exact) mass is 425 g/mol. The molecule has 2 aromatic heterocycles. The van der Waals surface area contributed by atoms with Crippen LogP contribution in [0, 0.1) is 0 Å². The molecule has 0 unspecified atom stereocenters. The van der Waals surface area contributed by atoms with E-state index in [1.165, 1.54) is 13.2 Å². The van der Waals surface area contributed by atoms with Crippen LogP contribution in [0.5, 0.6) is 11.5 Å². The quantitative estimate of drug-likeness (QED) is 0.671. The Labute approximate surface area is 178 Å². The molecule has 8 heteroatoms. The zero-order chi connectivity index (χ0) is 21.1. The smallest absolute Gasteiger partial charge is 0.258 e. The molecular formula is C22H23N3O4S. The number of nitrogens with zero attached hydrogens (tertiary/aromatic N) is 2. The fraction of sp³-hybridized carbons (Fsp3) is 0.318. The number of hydrogen-bond acceptors (Lipinski definition) is 6. The average Bonchev–Trinajstić information content (AvgIpc) is 3.33. The van der Waals surface area contributed by atoms with Crippen LogP contribution < -0.4 is 15.0 Å². The van der Waals surface area contributed by atoms with Crippen LogP contribution in [0.15, 0.2) is 45.9 Å². The number of ether oxygens (including phenoxy) is 2. The highest BCUT2D eigenvalue weighted by Crippen LogP contribution is 2.33. The van der Waals surface area contributed by atoms with Gasteiger partial charge < -0.3 is 19.4 Å². The van der Waals surface area contributed by atoms with Crippen molar-refractivity contribution < 1.29 is 14.3 Å². The Bertz CT molecular complexity index is 1090. The summed E-state index contributed by atoms with van der Waals surface area (Å²) < 4.78 is 10.7. The second kappa shape index (κ2) is 8.71. The molecule has 156 valence electrons. The Morgan fingerprint density at radius 2 is 2.07 bits per heavy atom. The van der Waals surface area contributed by atoms with Gasteiger partial charge in [0.1, 0.15) is 17.3 Å². The molecule has 1 aliphatic rings. The van der Waals surface area contributed by atoms with Gasteiger partial charge in [0.05, 0.1) is 31.5 Å². The van der Waals surface area contributed by atoms with Crippen molar-refractivity contribution in [2.75, 3.05) is 20.8 Å². The van der Waals surface area contributed by atoms with Crippen LogP contribution in [0.3, 0.4) is 0 Å². The largest absolute Gasteiger partial charge is 0.497 e. The zero-order valence-corrected chi connectivity index (χ0v) is 17.7. The minimum atomic E-state index is -0.302. The summed E-state index contributed by atoms with van der Waals surface area (Å²) in [5, 5.41) is 3.90. The van der Waals surface area contributed by atoms with Crippen LogP contribution >= 0.6 is 11.3 Å². The standard InChI is InChI=1S/C22H23N3O4S/c1-28-15-6-7-16(19(11-15)29-2)22(27)25-9-4-3-5-18(25)21-23-17(12-20(26)24-21)14-8-10-30-13-14/h6-8,10-13,18H,3-5,9H2,1-2H3,(H,23,24,26)/t18-/m0/s1. The summed E-state index contributed by atoms with van der Waals surface area (Å²) in [6.45, 7) is 0.588. The maximum absolute atomic E-state index is 13.4. The Hall–Kier alpha value is -3.13. The second-order valence-corrected chi connectivity index (χ2v) is 7.88.